The molecule has 3 N–H and O–H groups in total. The molecule has 1 saturated heterocycles. The average molecular weight is 412 g/mol. The fraction of sp³-hybridized carbons (Fsp3) is 0.478. The number of nitrogens with one attached hydrogen (secondary N) is 2. The Kier molecular flexibility index (Phi) is 8.47. The Labute approximate surface area is 179 Å². The Morgan fingerprint density at radius 1 is 1.10 bits per heavy atom. The molecule has 1 aliphatic rings. The Morgan fingerprint density at radius 2 is 1.80 bits per heavy atom. The van der Waals surface area contributed by atoms with Gasteiger partial charge in [0.1, 0.15) is 5.75 Å². The van der Waals surface area contributed by atoms with E-state index in [2.05, 4.69) is 32.7 Å². The molecule has 162 valence electrons. The second kappa shape index (κ2) is 11.5. The molecule has 0 amide bonds. The number of pyridine rings is 1. The van der Waals surface area contributed by atoms with Crippen LogP contribution in [0.1, 0.15) is 43.0 Å². The smallest absolute Gasteiger partial charge is 0.191 e. The van der Waals surface area contributed by atoms with E-state index in [0.717, 1.165) is 30.9 Å². The van der Waals surface area contributed by atoms with E-state index in [0.29, 0.717) is 19.0 Å². The summed E-state index contributed by atoms with van der Waals surface area (Å²) < 4.78 is 5.31. The number of aliphatic hydroxyl groups excluding tert-OH is 1. The summed E-state index contributed by atoms with van der Waals surface area (Å²) in [7, 11) is 1.69. The van der Waals surface area contributed by atoms with Gasteiger partial charge in [-0.05, 0) is 68.2 Å². The van der Waals surface area contributed by atoms with Crippen LogP contribution in [-0.4, -0.2) is 60.8 Å². The highest BCUT2D eigenvalue weighted by atomic mass is 16.5. The molecule has 0 saturated carbocycles. The van der Waals surface area contributed by atoms with Crippen molar-refractivity contribution in [1.82, 2.24) is 20.5 Å². The summed E-state index contributed by atoms with van der Waals surface area (Å²) in [6, 6.07) is 12.1. The van der Waals surface area contributed by atoms with Gasteiger partial charge in [0.2, 0.25) is 0 Å². The zero-order valence-corrected chi connectivity index (χ0v) is 17.9. The van der Waals surface area contributed by atoms with Gasteiger partial charge in [0.15, 0.2) is 5.96 Å². The quantitative estimate of drug-likeness (QED) is 0.435. The van der Waals surface area contributed by atoms with Crippen LogP contribution in [0, 0.1) is 0 Å². The third kappa shape index (κ3) is 6.18. The lowest BCUT2D eigenvalue weighted by Gasteiger charge is -2.27. The van der Waals surface area contributed by atoms with Crippen molar-refractivity contribution in [2.24, 2.45) is 4.99 Å². The summed E-state index contributed by atoms with van der Waals surface area (Å²) in [5, 5.41) is 17.0. The maximum Gasteiger partial charge on any atom is 0.191 e. The van der Waals surface area contributed by atoms with Gasteiger partial charge in [-0.15, -0.1) is 0 Å². The van der Waals surface area contributed by atoms with Gasteiger partial charge >= 0.3 is 0 Å². The van der Waals surface area contributed by atoms with Gasteiger partial charge in [-0.25, -0.2) is 0 Å². The van der Waals surface area contributed by atoms with E-state index >= 15 is 0 Å². The summed E-state index contributed by atoms with van der Waals surface area (Å²) >= 11 is 0. The molecule has 1 fully saturated rings. The van der Waals surface area contributed by atoms with Gasteiger partial charge in [0, 0.05) is 25.5 Å². The molecule has 0 spiro atoms. The van der Waals surface area contributed by atoms with Crippen LogP contribution in [0.3, 0.4) is 0 Å². The largest absolute Gasteiger partial charge is 0.497 e. The van der Waals surface area contributed by atoms with E-state index < -0.39 is 6.10 Å². The standard InChI is InChI=1S/C23H33N5O2/c1-3-25-23(27-17-22(29)19-10-12-24-13-11-19)26-16-21(28-14-4-5-15-28)18-6-8-20(30-2)9-7-18/h6-13,21-22,29H,3-5,14-17H2,1-2H3,(H2,25,26,27). The zero-order chi connectivity index (χ0) is 21.2. The van der Waals surface area contributed by atoms with Crippen LogP contribution in [0.5, 0.6) is 5.75 Å². The Morgan fingerprint density at radius 3 is 2.43 bits per heavy atom. The molecule has 3 rings (SSSR count). The molecule has 2 aromatic rings. The lowest BCUT2D eigenvalue weighted by molar-refractivity contribution is 0.180. The number of hydrogen-bond acceptors (Lipinski definition) is 5. The van der Waals surface area contributed by atoms with Crippen molar-refractivity contribution in [1.29, 1.82) is 0 Å². The minimum Gasteiger partial charge on any atom is -0.497 e. The highest BCUT2D eigenvalue weighted by Gasteiger charge is 2.23. The number of hydrogen-bond donors (Lipinski definition) is 3. The lowest BCUT2D eigenvalue weighted by Crippen LogP contribution is -2.40. The number of ether oxygens (including phenoxy) is 1. The summed E-state index contributed by atoms with van der Waals surface area (Å²) in [6.07, 6.45) is 5.22. The van der Waals surface area contributed by atoms with Crippen molar-refractivity contribution < 1.29 is 9.84 Å². The number of aliphatic hydroxyl groups is 1. The van der Waals surface area contributed by atoms with Crippen LogP contribution in [0.4, 0.5) is 0 Å². The third-order valence-corrected chi connectivity index (χ3v) is 5.40. The zero-order valence-electron chi connectivity index (χ0n) is 17.9. The van der Waals surface area contributed by atoms with Crippen LogP contribution in [0.15, 0.2) is 53.8 Å². The second-order valence-corrected chi connectivity index (χ2v) is 7.43. The number of benzene rings is 1. The van der Waals surface area contributed by atoms with E-state index in [-0.39, 0.29) is 6.04 Å². The van der Waals surface area contributed by atoms with Crippen LogP contribution in [0.25, 0.3) is 0 Å². The van der Waals surface area contributed by atoms with Crippen molar-refractivity contribution in [3.63, 3.8) is 0 Å². The van der Waals surface area contributed by atoms with Crippen molar-refractivity contribution in [2.45, 2.75) is 31.9 Å². The normalized spacial score (nSPS) is 16.8. The monoisotopic (exact) mass is 411 g/mol. The molecule has 30 heavy (non-hydrogen) atoms. The molecule has 7 heteroatoms. The minimum atomic E-state index is -0.618. The molecule has 1 aromatic carbocycles. The molecule has 0 bridgehead atoms. The summed E-state index contributed by atoms with van der Waals surface area (Å²) in [4.78, 5) is 11.3. The third-order valence-electron chi connectivity index (χ3n) is 5.40. The fourth-order valence-corrected chi connectivity index (χ4v) is 3.73. The first-order valence-corrected chi connectivity index (χ1v) is 10.7. The first-order valence-electron chi connectivity index (χ1n) is 10.7. The van der Waals surface area contributed by atoms with Gasteiger partial charge in [-0.1, -0.05) is 12.1 Å². The maximum absolute atomic E-state index is 10.4. The van der Waals surface area contributed by atoms with E-state index in [1.807, 2.05) is 31.2 Å². The van der Waals surface area contributed by atoms with E-state index in [4.69, 9.17) is 9.73 Å². The number of aliphatic imine (C=N–C) groups is 1. The number of guanidine groups is 1. The molecule has 7 nitrogen and oxygen atoms in total. The Balaban J connectivity index is 1.68. The number of nitrogens with zero attached hydrogens (tertiary/aromatic N) is 3. The first-order chi connectivity index (χ1) is 14.7. The fourth-order valence-electron chi connectivity index (χ4n) is 3.73. The van der Waals surface area contributed by atoms with Crippen molar-refractivity contribution >= 4 is 5.96 Å². The van der Waals surface area contributed by atoms with E-state index in [9.17, 15) is 5.11 Å². The van der Waals surface area contributed by atoms with Crippen molar-refractivity contribution in [2.75, 3.05) is 39.8 Å². The van der Waals surface area contributed by atoms with E-state index in [1.165, 1.54) is 18.4 Å². The second-order valence-electron chi connectivity index (χ2n) is 7.43. The summed E-state index contributed by atoms with van der Waals surface area (Å²) in [5.74, 6) is 1.57. The Bertz CT molecular complexity index is 776. The molecule has 1 aromatic heterocycles. The molecule has 2 heterocycles. The first kappa shape index (κ1) is 22.1. The number of rotatable bonds is 9. The maximum atomic E-state index is 10.4. The SMILES string of the molecule is CCNC(=NCC(c1ccc(OC)cc1)N1CCCC1)NCC(O)c1ccncc1. The number of likely N-dealkylation sites (tertiary alicyclic amines) is 1. The van der Waals surface area contributed by atoms with Gasteiger partial charge in [-0.2, -0.15) is 0 Å². The number of methoxy groups -OCH3 is 1. The average Bonchev–Trinajstić information content (AvgIpc) is 3.33. The summed E-state index contributed by atoms with van der Waals surface area (Å²) in [6.45, 7) is 6.01. The van der Waals surface area contributed by atoms with Crippen LogP contribution >= 0.6 is 0 Å². The molecular formula is C23H33N5O2. The van der Waals surface area contributed by atoms with Gasteiger partial charge in [-0.3, -0.25) is 14.9 Å². The molecule has 2 atom stereocenters. The van der Waals surface area contributed by atoms with Gasteiger partial charge < -0.3 is 20.5 Å². The van der Waals surface area contributed by atoms with Crippen molar-refractivity contribution in [3.05, 3.63) is 59.9 Å². The highest BCUT2D eigenvalue weighted by Crippen LogP contribution is 2.27. The number of aromatic nitrogens is 1. The topological polar surface area (TPSA) is 82.0 Å². The molecule has 1 aliphatic heterocycles. The molecular weight excluding hydrogens is 378 g/mol. The Hall–Kier alpha value is -2.64. The van der Waals surface area contributed by atoms with Gasteiger partial charge in [0.25, 0.3) is 0 Å². The van der Waals surface area contributed by atoms with Crippen LogP contribution in [-0.2, 0) is 0 Å². The predicted molar refractivity (Wildman–Crippen MR) is 120 cm³/mol. The molecule has 2 unspecified atom stereocenters. The van der Waals surface area contributed by atoms with Gasteiger partial charge in [0.05, 0.1) is 25.8 Å². The highest BCUT2D eigenvalue weighted by molar-refractivity contribution is 5.79. The lowest BCUT2D eigenvalue weighted by atomic mass is 10.1. The minimum absolute atomic E-state index is 0.221. The predicted octanol–water partition coefficient (Wildman–Crippen LogP) is 2.52. The van der Waals surface area contributed by atoms with Crippen LogP contribution in [0.2, 0.25) is 0 Å². The van der Waals surface area contributed by atoms with Crippen LogP contribution < -0.4 is 15.4 Å². The van der Waals surface area contributed by atoms with Crippen molar-refractivity contribution in [3.8, 4) is 5.75 Å². The molecule has 0 radical (unpaired) electrons. The summed E-state index contributed by atoms with van der Waals surface area (Å²) in [5.41, 5.74) is 2.08. The molecule has 0 aliphatic carbocycles. The van der Waals surface area contributed by atoms with E-state index in [1.54, 1.807) is 19.5 Å².